The van der Waals surface area contributed by atoms with Crippen LogP contribution in [0.2, 0.25) is 0 Å². The second-order valence-electron chi connectivity index (χ2n) is 7.99. The molecule has 0 radical (unpaired) electrons. The molecule has 0 unspecified atom stereocenters. The Morgan fingerprint density at radius 3 is 2.37 bits per heavy atom. The van der Waals surface area contributed by atoms with Crippen molar-refractivity contribution in [1.29, 1.82) is 0 Å². The summed E-state index contributed by atoms with van der Waals surface area (Å²) in [6, 6.07) is 8.06. The molecule has 1 saturated carbocycles. The molecule has 2 fully saturated rings. The van der Waals surface area contributed by atoms with Gasteiger partial charge in [0.15, 0.2) is 0 Å². The predicted molar refractivity (Wildman–Crippen MR) is 105 cm³/mol. The molecule has 5 nitrogen and oxygen atoms in total. The Bertz CT molecular complexity index is 647. The lowest BCUT2D eigenvalue weighted by Gasteiger charge is -2.35. The first-order chi connectivity index (χ1) is 13.1. The fourth-order valence-electron chi connectivity index (χ4n) is 4.42. The summed E-state index contributed by atoms with van der Waals surface area (Å²) in [5.74, 6) is 0.572. The molecule has 1 saturated heterocycles. The monoisotopic (exact) mass is 372 g/mol. The molecule has 0 bridgehead atoms. The van der Waals surface area contributed by atoms with Crippen LogP contribution in [0.4, 0.5) is 0 Å². The van der Waals surface area contributed by atoms with Gasteiger partial charge < -0.3 is 14.9 Å². The van der Waals surface area contributed by atoms with E-state index in [-0.39, 0.29) is 24.3 Å². The molecule has 148 valence electrons. The van der Waals surface area contributed by atoms with Crippen LogP contribution < -0.4 is 0 Å². The summed E-state index contributed by atoms with van der Waals surface area (Å²) >= 11 is 0. The maximum absolute atomic E-state index is 13.0. The molecular formula is C22H32N2O3. The Morgan fingerprint density at radius 2 is 1.74 bits per heavy atom. The number of rotatable bonds is 6. The Morgan fingerprint density at radius 1 is 1.07 bits per heavy atom. The highest BCUT2D eigenvalue weighted by atomic mass is 16.3. The van der Waals surface area contributed by atoms with E-state index in [4.69, 9.17) is 0 Å². The maximum atomic E-state index is 13.0. The number of carbonyl (C=O) groups is 2. The van der Waals surface area contributed by atoms with Gasteiger partial charge in [-0.1, -0.05) is 37.1 Å². The maximum Gasteiger partial charge on any atom is 0.226 e. The molecule has 1 heterocycles. The van der Waals surface area contributed by atoms with E-state index in [0.717, 1.165) is 36.8 Å². The molecule has 1 aromatic carbocycles. The second kappa shape index (κ2) is 9.36. The van der Waals surface area contributed by atoms with Crippen molar-refractivity contribution >= 4 is 11.8 Å². The lowest BCUT2D eigenvalue weighted by atomic mass is 9.93. The number of benzene rings is 1. The second-order valence-corrected chi connectivity index (χ2v) is 7.99. The number of aliphatic hydroxyl groups excluding tert-OH is 1. The zero-order chi connectivity index (χ0) is 19.2. The molecule has 0 spiro atoms. The van der Waals surface area contributed by atoms with Crippen molar-refractivity contribution in [1.82, 2.24) is 9.80 Å². The summed E-state index contributed by atoms with van der Waals surface area (Å²) in [6.07, 6.45) is 5.84. The quantitative estimate of drug-likeness (QED) is 0.835. The van der Waals surface area contributed by atoms with Crippen LogP contribution >= 0.6 is 0 Å². The van der Waals surface area contributed by atoms with Gasteiger partial charge in [-0.05, 0) is 43.7 Å². The van der Waals surface area contributed by atoms with Gasteiger partial charge in [0, 0.05) is 38.0 Å². The van der Waals surface area contributed by atoms with E-state index in [2.05, 4.69) is 0 Å². The number of piperidine rings is 1. The third-order valence-corrected chi connectivity index (χ3v) is 6.16. The van der Waals surface area contributed by atoms with Crippen LogP contribution in [0.25, 0.3) is 0 Å². The minimum Gasteiger partial charge on any atom is -0.395 e. The molecule has 0 atom stereocenters. The van der Waals surface area contributed by atoms with E-state index in [1.54, 1.807) is 4.90 Å². The first-order valence-corrected chi connectivity index (χ1v) is 10.3. The first kappa shape index (κ1) is 19.9. The van der Waals surface area contributed by atoms with E-state index in [9.17, 15) is 14.7 Å². The summed E-state index contributed by atoms with van der Waals surface area (Å²) < 4.78 is 0. The molecule has 1 N–H and O–H groups in total. The number of hydrogen-bond acceptors (Lipinski definition) is 3. The predicted octanol–water partition coefficient (Wildman–Crippen LogP) is 2.74. The summed E-state index contributed by atoms with van der Waals surface area (Å²) in [7, 11) is 0. The number of amides is 2. The zero-order valence-corrected chi connectivity index (χ0v) is 16.4. The van der Waals surface area contributed by atoms with Gasteiger partial charge in [0.1, 0.15) is 0 Å². The van der Waals surface area contributed by atoms with Crippen LogP contribution in [0.5, 0.6) is 0 Å². The first-order valence-electron chi connectivity index (χ1n) is 10.3. The molecule has 1 aromatic rings. The highest BCUT2D eigenvalue weighted by Gasteiger charge is 2.33. The standard InChI is InChI=1S/C22H32N2O3/c1-17-6-2-3-9-20(17)16-24(14-15-25)22(27)19-10-12-23(13-11-19)21(26)18-7-4-5-8-18/h2-3,6,9,18-19,25H,4-5,7-8,10-16H2,1H3. The fraction of sp³-hybridized carbons (Fsp3) is 0.636. The Hall–Kier alpha value is -1.88. The number of likely N-dealkylation sites (tertiary alicyclic amines) is 1. The molecule has 5 heteroatoms. The van der Waals surface area contributed by atoms with Crippen molar-refractivity contribution in [2.24, 2.45) is 11.8 Å². The molecule has 0 aromatic heterocycles. The number of hydrogen-bond donors (Lipinski definition) is 1. The summed E-state index contributed by atoms with van der Waals surface area (Å²) in [5, 5.41) is 9.42. The Labute approximate surface area is 162 Å². The average molecular weight is 373 g/mol. The van der Waals surface area contributed by atoms with E-state index < -0.39 is 0 Å². The Kier molecular flexibility index (Phi) is 6.89. The third kappa shape index (κ3) is 4.89. The number of aliphatic hydroxyl groups is 1. The SMILES string of the molecule is Cc1ccccc1CN(CCO)C(=O)C1CCN(C(=O)C2CCCC2)CC1. The van der Waals surface area contributed by atoms with Crippen LogP contribution in [0.3, 0.4) is 0 Å². The highest BCUT2D eigenvalue weighted by molar-refractivity contribution is 5.81. The molecule has 27 heavy (non-hydrogen) atoms. The molecule has 3 rings (SSSR count). The van der Waals surface area contributed by atoms with Crippen molar-refractivity contribution in [2.45, 2.75) is 52.0 Å². The lowest BCUT2D eigenvalue weighted by Crippen LogP contribution is -2.46. The van der Waals surface area contributed by atoms with Crippen molar-refractivity contribution in [3.05, 3.63) is 35.4 Å². The third-order valence-electron chi connectivity index (χ3n) is 6.16. The zero-order valence-electron chi connectivity index (χ0n) is 16.4. The topological polar surface area (TPSA) is 60.9 Å². The van der Waals surface area contributed by atoms with Crippen molar-refractivity contribution in [3.8, 4) is 0 Å². The van der Waals surface area contributed by atoms with Crippen LogP contribution in [0.1, 0.15) is 49.7 Å². The van der Waals surface area contributed by atoms with Gasteiger partial charge in [-0.2, -0.15) is 0 Å². The summed E-state index contributed by atoms with van der Waals surface area (Å²) in [5.41, 5.74) is 2.28. The molecular weight excluding hydrogens is 340 g/mol. The van der Waals surface area contributed by atoms with Crippen LogP contribution in [-0.2, 0) is 16.1 Å². The van der Waals surface area contributed by atoms with E-state index in [1.807, 2.05) is 36.1 Å². The van der Waals surface area contributed by atoms with Gasteiger partial charge in [-0.15, -0.1) is 0 Å². The molecule has 2 amide bonds. The van der Waals surface area contributed by atoms with Gasteiger partial charge in [-0.25, -0.2) is 0 Å². The highest BCUT2D eigenvalue weighted by Crippen LogP contribution is 2.29. The van der Waals surface area contributed by atoms with Gasteiger partial charge in [0.25, 0.3) is 0 Å². The fourth-order valence-corrected chi connectivity index (χ4v) is 4.42. The van der Waals surface area contributed by atoms with E-state index in [0.29, 0.717) is 32.1 Å². The lowest BCUT2D eigenvalue weighted by molar-refractivity contribution is -0.143. The Balaban J connectivity index is 1.57. The summed E-state index contributed by atoms with van der Waals surface area (Å²) in [6.45, 7) is 4.27. The van der Waals surface area contributed by atoms with Gasteiger partial charge in [-0.3, -0.25) is 9.59 Å². The molecule has 1 aliphatic carbocycles. The van der Waals surface area contributed by atoms with Gasteiger partial charge >= 0.3 is 0 Å². The van der Waals surface area contributed by atoms with Crippen LogP contribution in [-0.4, -0.2) is 53.0 Å². The van der Waals surface area contributed by atoms with Gasteiger partial charge in [0.05, 0.1) is 6.61 Å². The minimum atomic E-state index is -0.0480. The van der Waals surface area contributed by atoms with Crippen molar-refractivity contribution in [3.63, 3.8) is 0 Å². The largest absolute Gasteiger partial charge is 0.395 e. The number of carbonyl (C=O) groups excluding carboxylic acids is 2. The van der Waals surface area contributed by atoms with Crippen molar-refractivity contribution < 1.29 is 14.7 Å². The molecule has 1 aliphatic heterocycles. The van der Waals surface area contributed by atoms with E-state index >= 15 is 0 Å². The molecule has 2 aliphatic rings. The normalized spacial score (nSPS) is 18.7. The number of nitrogens with zero attached hydrogens (tertiary/aromatic N) is 2. The minimum absolute atomic E-state index is 0.0311. The van der Waals surface area contributed by atoms with E-state index in [1.165, 1.54) is 12.8 Å². The van der Waals surface area contributed by atoms with Crippen LogP contribution in [0, 0.1) is 18.8 Å². The number of aryl methyl sites for hydroxylation is 1. The van der Waals surface area contributed by atoms with Gasteiger partial charge in [0.2, 0.25) is 11.8 Å². The van der Waals surface area contributed by atoms with Crippen LogP contribution in [0.15, 0.2) is 24.3 Å². The average Bonchev–Trinajstić information content (AvgIpc) is 3.23. The summed E-state index contributed by atoms with van der Waals surface area (Å²) in [4.78, 5) is 29.4. The van der Waals surface area contributed by atoms with Crippen molar-refractivity contribution in [2.75, 3.05) is 26.2 Å². The smallest absolute Gasteiger partial charge is 0.226 e.